The van der Waals surface area contributed by atoms with Crippen LogP contribution in [0.1, 0.15) is 17.3 Å². The molecule has 6 heteroatoms. The minimum absolute atomic E-state index is 0.0507. The molecule has 0 saturated carbocycles. The molecule has 1 aromatic rings. The Hall–Kier alpha value is -1.46. The number of hydrogen-bond acceptors (Lipinski definition) is 4. The minimum Gasteiger partial charge on any atom is -0.478 e. The summed E-state index contributed by atoms with van der Waals surface area (Å²) in [6.45, 7) is 2.32. The molecule has 1 atom stereocenters. The fraction of sp³-hybridized carbons (Fsp3) is 0.364. The largest absolute Gasteiger partial charge is 0.478 e. The maximum atomic E-state index is 11.1. The predicted molar refractivity (Wildman–Crippen MR) is 67.8 cm³/mol. The first kappa shape index (κ1) is 13.6. The minimum atomic E-state index is -1.08. The Morgan fingerprint density at radius 3 is 2.82 bits per heavy atom. The van der Waals surface area contributed by atoms with Gasteiger partial charge in [-0.2, -0.15) is 0 Å². The van der Waals surface area contributed by atoms with Crippen molar-refractivity contribution < 1.29 is 14.6 Å². The van der Waals surface area contributed by atoms with Gasteiger partial charge in [-0.1, -0.05) is 11.6 Å². The summed E-state index contributed by atoms with van der Waals surface area (Å²) in [5.41, 5.74) is 6.28. The number of rotatable bonds is 5. The van der Waals surface area contributed by atoms with Gasteiger partial charge in [-0.15, -0.1) is 0 Å². The summed E-state index contributed by atoms with van der Waals surface area (Å²) in [5.74, 6) is -1.08. The molecule has 0 amide bonds. The summed E-state index contributed by atoms with van der Waals surface area (Å²) in [6.07, 6.45) is -0.0507. The smallest absolute Gasteiger partial charge is 0.337 e. The number of hydrogen-bond donors (Lipinski definition) is 3. The first-order valence-electron chi connectivity index (χ1n) is 5.04. The fourth-order valence-corrected chi connectivity index (χ4v) is 1.60. The molecule has 0 aliphatic rings. The summed E-state index contributed by atoms with van der Waals surface area (Å²) < 4.78 is 5.06. The highest BCUT2D eigenvalue weighted by atomic mass is 35.5. The van der Waals surface area contributed by atoms with E-state index in [2.05, 4.69) is 5.32 Å². The number of nitrogen functional groups attached to an aromatic ring is 1. The molecular formula is C11H15ClN2O3. The SMILES string of the molecule is COC(C)CNc1c(Cl)cc(N)cc1C(=O)O. The van der Waals surface area contributed by atoms with Crippen LogP contribution in [0.25, 0.3) is 0 Å². The molecule has 1 rings (SSSR count). The second-order valence-electron chi connectivity index (χ2n) is 3.66. The van der Waals surface area contributed by atoms with Gasteiger partial charge in [0.1, 0.15) is 0 Å². The average molecular weight is 259 g/mol. The number of carboxylic acid groups (broad SMARTS) is 1. The van der Waals surface area contributed by atoms with Crippen molar-refractivity contribution in [2.45, 2.75) is 13.0 Å². The topological polar surface area (TPSA) is 84.6 Å². The van der Waals surface area contributed by atoms with Gasteiger partial charge >= 0.3 is 5.97 Å². The van der Waals surface area contributed by atoms with Crippen LogP contribution < -0.4 is 11.1 Å². The maximum Gasteiger partial charge on any atom is 0.337 e. The lowest BCUT2D eigenvalue weighted by Crippen LogP contribution is -2.19. The zero-order valence-corrected chi connectivity index (χ0v) is 10.4. The third kappa shape index (κ3) is 3.51. The molecule has 1 aromatic carbocycles. The van der Waals surface area contributed by atoms with E-state index in [0.29, 0.717) is 17.9 Å². The van der Waals surface area contributed by atoms with E-state index in [0.717, 1.165) is 0 Å². The van der Waals surface area contributed by atoms with Crippen LogP contribution in [0, 0.1) is 0 Å². The van der Waals surface area contributed by atoms with Crippen LogP contribution in [0.15, 0.2) is 12.1 Å². The van der Waals surface area contributed by atoms with Gasteiger partial charge in [0.2, 0.25) is 0 Å². The molecule has 0 saturated heterocycles. The second-order valence-corrected chi connectivity index (χ2v) is 4.06. The standard InChI is InChI=1S/C11H15ClN2O3/c1-6(17-2)5-14-10-8(11(15)16)3-7(13)4-9(10)12/h3-4,6,14H,5,13H2,1-2H3,(H,15,16). The molecule has 0 spiro atoms. The summed E-state index contributed by atoms with van der Waals surface area (Å²) in [6, 6.07) is 2.88. The Kier molecular flexibility index (Phi) is 4.60. The molecule has 17 heavy (non-hydrogen) atoms. The van der Waals surface area contributed by atoms with E-state index in [-0.39, 0.29) is 16.7 Å². The van der Waals surface area contributed by atoms with Gasteiger partial charge in [-0.05, 0) is 19.1 Å². The van der Waals surface area contributed by atoms with Crippen LogP contribution in [0.2, 0.25) is 5.02 Å². The molecule has 0 fully saturated rings. The van der Waals surface area contributed by atoms with Crippen LogP contribution in [0.3, 0.4) is 0 Å². The quantitative estimate of drug-likeness (QED) is 0.704. The van der Waals surface area contributed by atoms with E-state index in [9.17, 15) is 4.79 Å². The first-order valence-corrected chi connectivity index (χ1v) is 5.42. The van der Waals surface area contributed by atoms with Crippen molar-refractivity contribution >= 4 is 28.9 Å². The Balaban J connectivity index is 3.00. The molecule has 0 heterocycles. The lowest BCUT2D eigenvalue weighted by atomic mass is 10.1. The normalized spacial score (nSPS) is 12.2. The van der Waals surface area contributed by atoms with E-state index >= 15 is 0 Å². The summed E-state index contributed by atoms with van der Waals surface area (Å²) in [4.78, 5) is 11.1. The second kappa shape index (κ2) is 5.75. The van der Waals surface area contributed by atoms with Gasteiger partial charge in [0.15, 0.2) is 0 Å². The molecule has 0 bridgehead atoms. The van der Waals surface area contributed by atoms with E-state index in [1.807, 2.05) is 6.92 Å². The summed E-state index contributed by atoms with van der Waals surface area (Å²) in [5, 5.41) is 12.3. The fourth-order valence-electron chi connectivity index (χ4n) is 1.31. The molecule has 0 aliphatic carbocycles. The Labute approximate surface area is 105 Å². The van der Waals surface area contributed by atoms with Gasteiger partial charge in [0, 0.05) is 19.3 Å². The van der Waals surface area contributed by atoms with E-state index < -0.39 is 5.97 Å². The number of ether oxygens (including phenoxy) is 1. The maximum absolute atomic E-state index is 11.1. The van der Waals surface area contributed by atoms with Gasteiger partial charge < -0.3 is 20.9 Å². The number of methoxy groups -OCH3 is 1. The Bertz CT molecular complexity index is 423. The Morgan fingerprint density at radius 2 is 2.29 bits per heavy atom. The molecule has 0 aliphatic heterocycles. The highest BCUT2D eigenvalue weighted by molar-refractivity contribution is 6.34. The van der Waals surface area contributed by atoms with Crippen molar-refractivity contribution in [1.82, 2.24) is 0 Å². The summed E-state index contributed by atoms with van der Waals surface area (Å²) in [7, 11) is 1.58. The van der Waals surface area contributed by atoms with Gasteiger partial charge in [0.05, 0.1) is 22.4 Å². The van der Waals surface area contributed by atoms with Crippen LogP contribution in [-0.4, -0.2) is 30.8 Å². The zero-order valence-electron chi connectivity index (χ0n) is 9.66. The monoisotopic (exact) mass is 258 g/mol. The van der Waals surface area contributed by atoms with Gasteiger partial charge in [0.25, 0.3) is 0 Å². The summed E-state index contributed by atoms with van der Waals surface area (Å²) >= 11 is 5.96. The lowest BCUT2D eigenvalue weighted by molar-refractivity contribution is 0.0697. The molecule has 4 N–H and O–H groups in total. The van der Waals surface area contributed by atoms with Gasteiger partial charge in [-0.3, -0.25) is 0 Å². The van der Waals surface area contributed by atoms with Crippen molar-refractivity contribution in [3.8, 4) is 0 Å². The number of nitrogens with two attached hydrogens (primary N) is 1. The third-order valence-electron chi connectivity index (χ3n) is 2.31. The highest BCUT2D eigenvalue weighted by Gasteiger charge is 2.15. The molecule has 94 valence electrons. The molecule has 0 aromatic heterocycles. The van der Waals surface area contributed by atoms with Crippen molar-refractivity contribution in [2.75, 3.05) is 24.7 Å². The molecular weight excluding hydrogens is 244 g/mol. The van der Waals surface area contributed by atoms with Crippen LogP contribution in [0.5, 0.6) is 0 Å². The van der Waals surface area contributed by atoms with Crippen molar-refractivity contribution in [1.29, 1.82) is 0 Å². The first-order chi connectivity index (χ1) is 7.95. The number of benzene rings is 1. The van der Waals surface area contributed by atoms with E-state index in [1.54, 1.807) is 7.11 Å². The van der Waals surface area contributed by atoms with E-state index in [4.69, 9.17) is 27.2 Å². The number of nitrogens with one attached hydrogen (secondary N) is 1. The molecule has 1 unspecified atom stereocenters. The average Bonchev–Trinajstić information content (AvgIpc) is 2.26. The predicted octanol–water partition coefficient (Wildman–Crippen LogP) is 2.07. The van der Waals surface area contributed by atoms with Crippen LogP contribution >= 0.6 is 11.6 Å². The number of carbonyl (C=O) groups is 1. The zero-order chi connectivity index (χ0) is 13.0. The van der Waals surface area contributed by atoms with Crippen LogP contribution in [-0.2, 0) is 4.74 Å². The molecule has 0 radical (unpaired) electrons. The number of anilines is 2. The molecule has 5 nitrogen and oxygen atoms in total. The van der Waals surface area contributed by atoms with Crippen molar-refractivity contribution in [3.63, 3.8) is 0 Å². The highest BCUT2D eigenvalue weighted by Crippen LogP contribution is 2.29. The van der Waals surface area contributed by atoms with Crippen LogP contribution in [0.4, 0.5) is 11.4 Å². The van der Waals surface area contributed by atoms with Crippen molar-refractivity contribution in [2.24, 2.45) is 0 Å². The van der Waals surface area contributed by atoms with Gasteiger partial charge in [-0.25, -0.2) is 4.79 Å². The number of carboxylic acids is 1. The van der Waals surface area contributed by atoms with Crippen molar-refractivity contribution in [3.05, 3.63) is 22.7 Å². The third-order valence-corrected chi connectivity index (χ3v) is 2.61. The number of halogens is 1. The number of aromatic carboxylic acids is 1. The lowest BCUT2D eigenvalue weighted by Gasteiger charge is -2.15. The Morgan fingerprint density at radius 1 is 1.65 bits per heavy atom. The van der Waals surface area contributed by atoms with E-state index in [1.165, 1.54) is 12.1 Å².